The van der Waals surface area contributed by atoms with Gasteiger partial charge in [-0.1, -0.05) is 48.5 Å². The average Bonchev–Trinajstić information content (AvgIpc) is 3.18. The van der Waals surface area contributed by atoms with Gasteiger partial charge in [0, 0.05) is 0 Å². The molecule has 4 nitrogen and oxygen atoms in total. The Bertz CT molecular complexity index is 779. The number of nitrogens with zero attached hydrogens (tertiary/aromatic N) is 4. The SMILES string of the molecule is [Cl][Ti][Cl].c1ccc2[n-]c(C[CH-]Cc3nc4ccccc4[n-]3)nc2c1. The Labute approximate surface area is 156 Å². The van der Waals surface area contributed by atoms with E-state index in [2.05, 4.69) is 26.4 Å². The molecule has 0 unspecified atom stereocenters. The standard InChI is InChI=1S/C17H13N4.2ClH.Ti/c1-2-7-13-12(6-1)18-16(19-13)10-5-11-17-20-14-8-3-4-9-15(14)21-17;;;/h1-9H,10-11H2;2*1H;/q-3;;;+2/p-2. The average molecular weight is 392 g/mol. The first-order valence-electron chi connectivity index (χ1n) is 7.35. The van der Waals surface area contributed by atoms with Gasteiger partial charge in [0.1, 0.15) is 0 Å². The third-order valence-corrected chi connectivity index (χ3v) is 3.42. The Kier molecular flexibility index (Phi) is 6.33. The van der Waals surface area contributed by atoms with Gasteiger partial charge in [-0.05, 0) is 22.1 Å². The summed E-state index contributed by atoms with van der Waals surface area (Å²) in [5.74, 6) is 1.71. The number of hydrogen-bond donors (Lipinski definition) is 0. The predicted molar refractivity (Wildman–Crippen MR) is 93.5 cm³/mol. The van der Waals surface area contributed by atoms with Gasteiger partial charge in [-0.25, -0.2) is 0 Å². The number of fused-ring (bicyclic) bond motifs is 2. The van der Waals surface area contributed by atoms with E-state index in [4.69, 9.17) is 18.6 Å². The van der Waals surface area contributed by atoms with E-state index in [0.717, 1.165) is 46.6 Å². The Morgan fingerprint density at radius 3 is 1.62 bits per heavy atom. The Balaban J connectivity index is 0.000000526. The fourth-order valence-electron chi connectivity index (χ4n) is 2.43. The monoisotopic (exact) mass is 391 g/mol. The molecule has 4 aromatic rings. The van der Waals surface area contributed by atoms with Gasteiger partial charge in [0.15, 0.2) is 0 Å². The zero-order valence-electron chi connectivity index (χ0n) is 12.7. The topological polar surface area (TPSA) is 54.0 Å². The van der Waals surface area contributed by atoms with Crippen LogP contribution in [-0.4, -0.2) is 9.97 Å². The summed E-state index contributed by atoms with van der Waals surface area (Å²) in [5.41, 5.74) is 3.82. The van der Waals surface area contributed by atoms with Crippen LogP contribution in [0.2, 0.25) is 0 Å². The van der Waals surface area contributed by atoms with Crippen molar-refractivity contribution in [3.05, 3.63) is 66.6 Å². The molecular formula is C17H13Cl2N4Ti-3. The summed E-state index contributed by atoms with van der Waals surface area (Å²) >= 11 is -0.556. The van der Waals surface area contributed by atoms with E-state index in [1.165, 1.54) is 0 Å². The normalized spacial score (nSPS) is 10.6. The molecule has 0 amide bonds. The van der Waals surface area contributed by atoms with Gasteiger partial charge in [0.05, 0.1) is 0 Å². The zero-order chi connectivity index (χ0) is 16.8. The van der Waals surface area contributed by atoms with Crippen LogP contribution in [0, 0.1) is 6.42 Å². The minimum Gasteiger partial charge on any atom is -0.442 e. The van der Waals surface area contributed by atoms with Gasteiger partial charge in [-0.15, -0.1) is 11.6 Å². The Morgan fingerprint density at radius 2 is 1.21 bits per heavy atom. The molecule has 0 saturated carbocycles. The number of hydrogen-bond acceptors (Lipinski definition) is 2. The van der Waals surface area contributed by atoms with Crippen molar-refractivity contribution in [2.24, 2.45) is 0 Å². The maximum Gasteiger partial charge on any atom is -0.0385 e. The van der Waals surface area contributed by atoms with Crippen molar-refractivity contribution in [1.82, 2.24) is 19.9 Å². The van der Waals surface area contributed by atoms with Gasteiger partial charge < -0.3 is 26.4 Å². The van der Waals surface area contributed by atoms with Crippen molar-refractivity contribution in [3.63, 3.8) is 0 Å². The maximum absolute atomic E-state index is 4.89. The van der Waals surface area contributed by atoms with Crippen molar-refractivity contribution < 1.29 is 17.0 Å². The number of para-hydroxylation sites is 4. The van der Waals surface area contributed by atoms with E-state index in [0.29, 0.717) is 0 Å². The molecule has 0 aliphatic heterocycles. The van der Waals surface area contributed by atoms with E-state index >= 15 is 0 Å². The van der Waals surface area contributed by atoms with Crippen molar-refractivity contribution >= 4 is 40.7 Å². The van der Waals surface area contributed by atoms with E-state index in [1.54, 1.807) is 0 Å². The molecule has 0 radical (unpaired) electrons. The van der Waals surface area contributed by atoms with E-state index < -0.39 is 17.0 Å². The molecule has 0 atom stereocenters. The second-order valence-corrected chi connectivity index (χ2v) is 7.60. The minimum absolute atomic E-state index is 0.556. The quantitative estimate of drug-likeness (QED) is 0.388. The summed E-state index contributed by atoms with van der Waals surface area (Å²) in [6, 6.07) is 15.9. The number of imidazole rings is 2. The molecule has 24 heavy (non-hydrogen) atoms. The first-order valence-corrected chi connectivity index (χ1v) is 11.6. The smallest absolute Gasteiger partial charge is 0.0385 e. The third-order valence-electron chi connectivity index (χ3n) is 3.42. The summed E-state index contributed by atoms with van der Waals surface area (Å²) in [6.07, 6.45) is 3.60. The van der Waals surface area contributed by atoms with Crippen molar-refractivity contribution in [2.45, 2.75) is 12.8 Å². The largest absolute Gasteiger partial charge is 0.442 e. The molecule has 0 aliphatic rings. The first-order chi connectivity index (χ1) is 11.8. The van der Waals surface area contributed by atoms with Crippen LogP contribution in [0.5, 0.6) is 0 Å². The minimum atomic E-state index is -0.556. The van der Waals surface area contributed by atoms with Gasteiger partial charge in [-0.3, -0.25) is 0 Å². The molecule has 2 heterocycles. The van der Waals surface area contributed by atoms with Crippen LogP contribution in [0.25, 0.3) is 22.1 Å². The van der Waals surface area contributed by atoms with Gasteiger partial charge in [0.2, 0.25) is 0 Å². The Hall–Kier alpha value is -1.33. The van der Waals surface area contributed by atoms with Gasteiger partial charge in [-0.2, -0.15) is 12.8 Å². The Morgan fingerprint density at radius 1 is 0.792 bits per heavy atom. The molecule has 0 N–H and O–H groups in total. The molecule has 0 saturated heterocycles. The van der Waals surface area contributed by atoms with Gasteiger partial charge in [0.25, 0.3) is 0 Å². The van der Waals surface area contributed by atoms with Crippen molar-refractivity contribution in [1.29, 1.82) is 0 Å². The second-order valence-electron chi connectivity index (χ2n) is 5.03. The summed E-state index contributed by atoms with van der Waals surface area (Å²) in [6.45, 7) is 0. The first kappa shape index (κ1) is 17.5. The van der Waals surface area contributed by atoms with E-state index in [9.17, 15) is 0 Å². The summed E-state index contributed by atoms with van der Waals surface area (Å²) in [4.78, 5) is 18.0. The summed E-state index contributed by atoms with van der Waals surface area (Å²) in [7, 11) is 9.78. The number of benzene rings is 2. The second kappa shape index (κ2) is 8.68. The molecule has 122 valence electrons. The molecule has 2 aromatic carbocycles. The third kappa shape index (κ3) is 4.39. The van der Waals surface area contributed by atoms with E-state index in [1.807, 2.05) is 48.5 Å². The van der Waals surface area contributed by atoms with Crippen LogP contribution in [-0.2, 0) is 29.9 Å². The predicted octanol–water partition coefficient (Wildman–Crippen LogP) is 4.06. The molecule has 4 rings (SSSR count). The van der Waals surface area contributed by atoms with Crippen LogP contribution in [0.15, 0.2) is 48.5 Å². The van der Waals surface area contributed by atoms with Crippen LogP contribution in [0.4, 0.5) is 0 Å². The molecule has 0 bridgehead atoms. The van der Waals surface area contributed by atoms with Gasteiger partial charge >= 0.3 is 35.6 Å². The fourth-order valence-corrected chi connectivity index (χ4v) is 2.43. The molecule has 0 aliphatic carbocycles. The molecule has 2 aromatic heterocycles. The molecule has 0 spiro atoms. The fraction of sp³-hybridized carbons (Fsp3) is 0.118. The van der Waals surface area contributed by atoms with Crippen molar-refractivity contribution in [3.8, 4) is 0 Å². The van der Waals surface area contributed by atoms with Crippen LogP contribution in [0.3, 0.4) is 0 Å². The molecule has 0 fully saturated rings. The van der Waals surface area contributed by atoms with E-state index in [-0.39, 0.29) is 0 Å². The summed E-state index contributed by atoms with van der Waals surface area (Å²) < 4.78 is 0. The van der Waals surface area contributed by atoms with Crippen LogP contribution in [0.1, 0.15) is 11.6 Å². The number of rotatable bonds is 4. The summed E-state index contributed by atoms with van der Waals surface area (Å²) in [5, 5.41) is 0. The van der Waals surface area contributed by atoms with Crippen molar-refractivity contribution in [2.75, 3.05) is 0 Å². The van der Waals surface area contributed by atoms with Crippen LogP contribution < -0.4 is 9.97 Å². The molecular weight excluding hydrogens is 379 g/mol. The number of aromatic nitrogens is 4. The molecule has 7 heteroatoms. The van der Waals surface area contributed by atoms with Crippen LogP contribution >= 0.6 is 18.6 Å². The maximum atomic E-state index is 4.89. The zero-order valence-corrected chi connectivity index (χ0v) is 15.7. The number of halogens is 2.